The van der Waals surface area contributed by atoms with Gasteiger partial charge in [-0.1, -0.05) is 48.5 Å². The van der Waals surface area contributed by atoms with Crippen molar-refractivity contribution in [3.8, 4) is 0 Å². The summed E-state index contributed by atoms with van der Waals surface area (Å²) in [6.45, 7) is 0.372. The van der Waals surface area contributed by atoms with E-state index in [1.165, 1.54) is 0 Å². The molecule has 0 aliphatic rings. The number of nitrogens with zero attached hydrogens (tertiary/aromatic N) is 1. The molecule has 0 fully saturated rings. The molecule has 0 aliphatic heterocycles. The van der Waals surface area contributed by atoms with Gasteiger partial charge in [-0.25, -0.2) is 9.89 Å². The van der Waals surface area contributed by atoms with Gasteiger partial charge < -0.3 is 10.1 Å². The molecule has 3 aromatic rings. The van der Waals surface area contributed by atoms with E-state index in [4.69, 9.17) is 4.74 Å². The summed E-state index contributed by atoms with van der Waals surface area (Å²) in [5.41, 5.74) is 1.24. The van der Waals surface area contributed by atoms with Crippen LogP contribution < -0.4 is 10.9 Å². The first-order valence-electron chi connectivity index (χ1n) is 7.15. The molecule has 2 aromatic carbocycles. The van der Waals surface area contributed by atoms with Crippen molar-refractivity contribution >= 4 is 16.9 Å². The van der Waals surface area contributed by atoms with Gasteiger partial charge in [0, 0.05) is 5.39 Å². The molecule has 2 N–H and O–H groups in total. The maximum atomic E-state index is 11.8. The van der Waals surface area contributed by atoms with Crippen molar-refractivity contribution in [2.24, 2.45) is 0 Å². The summed E-state index contributed by atoms with van der Waals surface area (Å²) >= 11 is 0. The summed E-state index contributed by atoms with van der Waals surface area (Å²) in [6.07, 6.45) is -0.536. The number of rotatable bonds is 4. The van der Waals surface area contributed by atoms with E-state index in [-0.39, 0.29) is 18.7 Å². The molecule has 0 bridgehead atoms. The number of carbonyl (C=O) groups is 1. The molecular formula is C17H15N3O3. The van der Waals surface area contributed by atoms with Crippen LogP contribution in [0, 0.1) is 0 Å². The Morgan fingerprint density at radius 2 is 1.74 bits per heavy atom. The summed E-state index contributed by atoms with van der Waals surface area (Å²) < 4.78 is 5.14. The van der Waals surface area contributed by atoms with Crippen LogP contribution in [0.3, 0.4) is 0 Å². The van der Waals surface area contributed by atoms with Crippen LogP contribution >= 0.6 is 0 Å². The molecule has 3 rings (SSSR count). The third-order valence-electron chi connectivity index (χ3n) is 3.39. The molecule has 0 radical (unpaired) electrons. The normalized spacial score (nSPS) is 10.4. The summed E-state index contributed by atoms with van der Waals surface area (Å²) in [4.78, 5) is 23.5. The number of carbonyl (C=O) groups excluding carboxylic acids is 1. The number of H-pyrrole nitrogens is 1. The van der Waals surface area contributed by atoms with Gasteiger partial charge >= 0.3 is 6.09 Å². The van der Waals surface area contributed by atoms with Crippen molar-refractivity contribution in [3.05, 3.63) is 76.2 Å². The number of ether oxygens (including phenoxy) is 1. The maximum Gasteiger partial charge on any atom is 0.407 e. The molecule has 1 aromatic heterocycles. The lowest BCUT2D eigenvalue weighted by Crippen LogP contribution is -2.25. The van der Waals surface area contributed by atoms with Gasteiger partial charge in [0.25, 0.3) is 5.56 Å². The first-order valence-corrected chi connectivity index (χ1v) is 7.15. The molecule has 1 amide bonds. The predicted octanol–water partition coefficient (Wildman–Crippen LogP) is 2.35. The third kappa shape index (κ3) is 3.55. The number of fused-ring (bicyclic) bond motifs is 1. The monoisotopic (exact) mass is 309 g/mol. The van der Waals surface area contributed by atoms with Crippen LogP contribution in [0.4, 0.5) is 4.79 Å². The predicted molar refractivity (Wildman–Crippen MR) is 85.8 cm³/mol. The van der Waals surface area contributed by atoms with E-state index < -0.39 is 6.09 Å². The van der Waals surface area contributed by atoms with Gasteiger partial charge in [0.2, 0.25) is 0 Å². The van der Waals surface area contributed by atoms with E-state index in [1.54, 1.807) is 18.2 Å². The van der Waals surface area contributed by atoms with E-state index in [0.717, 1.165) is 5.56 Å². The zero-order valence-electron chi connectivity index (χ0n) is 12.3. The van der Waals surface area contributed by atoms with Crippen molar-refractivity contribution < 1.29 is 9.53 Å². The SMILES string of the molecule is O=C(NCc1n[nH]c(=O)c2ccccc12)OCc1ccccc1. The molecule has 0 atom stereocenters. The quantitative estimate of drug-likeness (QED) is 0.775. The molecule has 6 nitrogen and oxygen atoms in total. The fraction of sp³-hybridized carbons (Fsp3) is 0.118. The van der Waals surface area contributed by atoms with Crippen LogP contribution in [0.15, 0.2) is 59.4 Å². The van der Waals surface area contributed by atoms with Crippen molar-refractivity contribution in [1.29, 1.82) is 0 Å². The smallest absolute Gasteiger partial charge is 0.407 e. The highest BCUT2D eigenvalue weighted by Gasteiger charge is 2.08. The van der Waals surface area contributed by atoms with E-state index in [2.05, 4.69) is 15.5 Å². The largest absolute Gasteiger partial charge is 0.445 e. The Morgan fingerprint density at radius 1 is 1.04 bits per heavy atom. The first-order chi connectivity index (χ1) is 11.2. The van der Waals surface area contributed by atoms with Crippen LogP contribution in [0.5, 0.6) is 0 Å². The van der Waals surface area contributed by atoms with Crippen molar-refractivity contribution in [1.82, 2.24) is 15.5 Å². The van der Waals surface area contributed by atoms with Crippen LogP contribution in [-0.4, -0.2) is 16.3 Å². The second-order valence-electron chi connectivity index (χ2n) is 4.96. The van der Waals surface area contributed by atoms with Gasteiger partial charge in [0.05, 0.1) is 17.6 Å². The topological polar surface area (TPSA) is 84.1 Å². The lowest BCUT2D eigenvalue weighted by atomic mass is 10.1. The maximum absolute atomic E-state index is 11.8. The molecular weight excluding hydrogens is 294 g/mol. The molecule has 0 aliphatic carbocycles. The summed E-state index contributed by atoms with van der Waals surface area (Å²) in [5, 5.41) is 10.3. The van der Waals surface area contributed by atoms with E-state index >= 15 is 0 Å². The van der Waals surface area contributed by atoms with Gasteiger partial charge in [-0.15, -0.1) is 0 Å². The van der Waals surface area contributed by atoms with E-state index in [0.29, 0.717) is 16.5 Å². The minimum atomic E-state index is -0.536. The Labute approximate surface area is 132 Å². The number of hydrogen-bond acceptors (Lipinski definition) is 4. The number of hydrogen-bond donors (Lipinski definition) is 2. The number of benzene rings is 2. The standard InChI is InChI=1S/C17H15N3O3/c21-16-14-9-5-4-8-13(14)15(19-20-16)10-18-17(22)23-11-12-6-2-1-3-7-12/h1-9H,10-11H2,(H,18,22)(H,20,21). The van der Waals surface area contributed by atoms with Crippen LogP contribution in [0.25, 0.3) is 10.8 Å². The second kappa shape index (κ2) is 6.74. The summed E-state index contributed by atoms with van der Waals surface area (Å²) in [5.74, 6) is 0. The van der Waals surface area contributed by atoms with Crippen LogP contribution in [0.2, 0.25) is 0 Å². The van der Waals surface area contributed by atoms with Gasteiger partial charge in [0.15, 0.2) is 0 Å². The molecule has 1 heterocycles. The van der Waals surface area contributed by atoms with Gasteiger partial charge in [0.1, 0.15) is 6.61 Å². The molecule has 116 valence electrons. The minimum Gasteiger partial charge on any atom is -0.445 e. The zero-order valence-corrected chi connectivity index (χ0v) is 12.3. The number of nitrogens with one attached hydrogen (secondary N) is 2. The number of aromatic amines is 1. The Balaban J connectivity index is 1.63. The van der Waals surface area contributed by atoms with Gasteiger partial charge in [-0.3, -0.25) is 4.79 Å². The lowest BCUT2D eigenvalue weighted by Gasteiger charge is -2.08. The van der Waals surface area contributed by atoms with Crippen molar-refractivity contribution in [2.75, 3.05) is 0 Å². The van der Waals surface area contributed by atoms with Gasteiger partial charge in [-0.05, 0) is 11.6 Å². The highest BCUT2D eigenvalue weighted by Crippen LogP contribution is 2.12. The second-order valence-corrected chi connectivity index (χ2v) is 4.96. The van der Waals surface area contributed by atoms with Crippen molar-refractivity contribution in [3.63, 3.8) is 0 Å². The van der Waals surface area contributed by atoms with E-state index in [9.17, 15) is 9.59 Å². The highest BCUT2D eigenvalue weighted by molar-refractivity contribution is 5.83. The van der Waals surface area contributed by atoms with Crippen LogP contribution in [-0.2, 0) is 17.9 Å². The lowest BCUT2D eigenvalue weighted by molar-refractivity contribution is 0.139. The third-order valence-corrected chi connectivity index (χ3v) is 3.39. The average molecular weight is 309 g/mol. The number of amides is 1. The molecule has 0 saturated heterocycles. The van der Waals surface area contributed by atoms with Crippen LogP contribution in [0.1, 0.15) is 11.3 Å². The number of alkyl carbamates (subject to hydrolysis) is 1. The fourth-order valence-electron chi connectivity index (χ4n) is 2.24. The molecule has 0 saturated carbocycles. The first kappa shape index (κ1) is 14.8. The fourth-order valence-corrected chi connectivity index (χ4v) is 2.24. The Morgan fingerprint density at radius 3 is 2.52 bits per heavy atom. The summed E-state index contributed by atoms with van der Waals surface area (Å²) in [7, 11) is 0. The zero-order chi connectivity index (χ0) is 16.1. The Bertz CT molecular complexity index is 875. The van der Waals surface area contributed by atoms with E-state index in [1.807, 2.05) is 36.4 Å². The molecule has 0 unspecified atom stereocenters. The number of aromatic nitrogens is 2. The van der Waals surface area contributed by atoms with Crippen molar-refractivity contribution in [2.45, 2.75) is 13.2 Å². The molecule has 0 spiro atoms. The Kier molecular flexibility index (Phi) is 4.33. The molecule has 23 heavy (non-hydrogen) atoms. The Hall–Kier alpha value is -3.15. The minimum absolute atomic E-state index is 0.172. The summed E-state index contributed by atoms with van der Waals surface area (Å²) in [6, 6.07) is 16.5. The van der Waals surface area contributed by atoms with Gasteiger partial charge in [-0.2, -0.15) is 5.10 Å². The highest BCUT2D eigenvalue weighted by atomic mass is 16.5. The average Bonchev–Trinajstić information content (AvgIpc) is 2.60. The molecule has 6 heteroatoms.